The van der Waals surface area contributed by atoms with E-state index >= 15 is 0 Å². The van der Waals surface area contributed by atoms with Crippen molar-refractivity contribution in [3.63, 3.8) is 0 Å². The Morgan fingerprint density at radius 1 is 1.42 bits per heavy atom. The van der Waals surface area contributed by atoms with Crippen molar-refractivity contribution in [2.24, 2.45) is 0 Å². The molecule has 0 aromatic carbocycles. The quantitative estimate of drug-likeness (QED) is 0.632. The fraction of sp³-hybridized carbons (Fsp3) is 0.545. The number of carboxylic acid groups (broad SMARTS) is 1. The number of aryl methyl sites for hydroxylation is 2. The molecule has 1 aliphatic carbocycles. The number of amides is 2. The van der Waals surface area contributed by atoms with Gasteiger partial charge in [-0.1, -0.05) is 0 Å². The van der Waals surface area contributed by atoms with Crippen LogP contribution in [0.25, 0.3) is 0 Å². The number of aliphatic carboxylic acids is 1. The van der Waals surface area contributed by atoms with E-state index < -0.39 is 18.0 Å². The molecule has 0 fully saturated rings. The average molecular weight is 285 g/mol. The number of hydrogen-bond acceptors (Lipinski definition) is 5. The first kappa shape index (κ1) is 13.8. The molecular weight excluding hydrogens is 270 g/mol. The number of hydrogen-bond donors (Lipinski definition) is 4. The maximum Gasteiger partial charge on any atom is 0.326 e. The van der Waals surface area contributed by atoms with Gasteiger partial charge in [0.25, 0.3) is 0 Å². The summed E-state index contributed by atoms with van der Waals surface area (Å²) in [5, 5.41) is 22.9. The fourth-order valence-corrected chi connectivity index (χ4v) is 2.97. The predicted octanol–water partition coefficient (Wildman–Crippen LogP) is 0.589. The molecule has 1 aromatic heterocycles. The molecule has 4 N–H and O–H groups in total. The minimum absolute atomic E-state index is 0.0306. The lowest BCUT2D eigenvalue weighted by Gasteiger charge is -2.12. The van der Waals surface area contributed by atoms with Gasteiger partial charge in [-0.15, -0.1) is 11.3 Å². The molecule has 0 radical (unpaired) electrons. The smallest absolute Gasteiger partial charge is 0.326 e. The summed E-state index contributed by atoms with van der Waals surface area (Å²) in [5.41, 5.74) is 1.02. The second-order valence-corrected chi connectivity index (χ2v) is 5.33. The number of aliphatic hydroxyl groups excluding tert-OH is 1. The minimum Gasteiger partial charge on any atom is -0.480 e. The maximum atomic E-state index is 11.6. The topological polar surface area (TPSA) is 112 Å². The molecule has 0 saturated carbocycles. The van der Waals surface area contributed by atoms with Gasteiger partial charge in [0.2, 0.25) is 0 Å². The second-order valence-electron chi connectivity index (χ2n) is 4.24. The average Bonchev–Trinajstić information content (AvgIpc) is 2.88. The monoisotopic (exact) mass is 285 g/mol. The number of fused-ring (bicyclic) bond motifs is 1. The van der Waals surface area contributed by atoms with E-state index in [0.717, 1.165) is 25.0 Å². The Morgan fingerprint density at radius 2 is 2.21 bits per heavy atom. The van der Waals surface area contributed by atoms with Gasteiger partial charge in [-0.2, -0.15) is 0 Å². The SMILES string of the molecule is O=C(Nc1nc2c(s1)CCC2)NC(CCO)C(=O)O. The Hall–Kier alpha value is -1.67. The van der Waals surface area contributed by atoms with Crippen molar-refractivity contribution in [3.05, 3.63) is 10.6 Å². The number of anilines is 1. The highest BCUT2D eigenvalue weighted by Crippen LogP contribution is 2.30. The van der Waals surface area contributed by atoms with Gasteiger partial charge in [-0.3, -0.25) is 5.32 Å². The third-order valence-corrected chi connectivity index (χ3v) is 3.91. The number of thiazole rings is 1. The van der Waals surface area contributed by atoms with Crippen molar-refractivity contribution in [2.75, 3.05) is 11.9 Å². The molecule has 8 heteroatoms. The highest BCUT2D eigenvalue weighted by molar-refractivity contribution is 7.15. The van der Waals surface area contributed by atoms with Gasteiger partial charge in [0, 0.05) is 17.9 Å². The summed E-state index contributed by atoms with van der Waals surface area (Å²) in [6.45, 7) is -0.303. The van der Waals surface area contributed by atoms with Crippen LogP contribution in [0.5, 0.6) is 0 Å². The van der Waals surface area contributed by atoms with Gasteiger partial charge >= 0.3 is 12.0 Å². The number of aromatic nitrogens is 1. The zero-order valence-corrected chi connectivity index (χ0v) is 11.0. The van der Waals surface area contributed by atoms with E-state index in [2.05, 4.69) is 15.6 Å². The highest BCUT2D eigenvalue weighted by Gasteiger charge is 2.21. The molecule has 0 spiro atoms. The number of carbonyl (C=O) groups excluding carboxylic acids is 1. The first-order valence-corrected chi connectivity index (χ1v) is 6.81. The van der Waals surface area contributed by atoms with E-state index in [1.807, 2.05) is 0 Å². The Labute approximate surface area is 113 Å². The van der Waals surface area contributed by atoms with E-state index in [4.69, 9.17) is 10.2 Å². The fourth-order valence-electron chi connectivity index (χ4n) is 1.92. The van der Waals surface area contributed by atoms with Gasteiger partial charge in [0.15, 0.2) is 5.13 Å². The first-order valence-electron chi connectivity index (χ1n) is 6.00. The van der Waals surface area contributed by atoms with Crippen LogP contribution >= 0.6 is 11.3 Å². The van der Waals surface area contributed by atoms with Crippen molar-refractivity contribution in [3.8, 4) is 0 Å². The van der Waals surface area contributed by atoms with Crippen LogP contribution in [0.2, 0.25) is 0 Å². The van der Waals surface area contributed by atoms with Crippen molar-refractivity contribution in [2.45, 2.75) is 31.7 Å². The van der Waals surface area contributed by atoms with Crippen LogP contribution in [0.3, 0.4) is 0 Å². The Balaban J connectivity index is 1.91. The van der Waals surface area contributed by atoms with Gasteiger partial charge < -0.3 is 15.5 Å². The zero-order valence-electron chi connectivity index (χ0n) is 10.2. The Morgan fingerprint density at radius 3 is 2.84 bits per heavy atom. The van der Waals surface area contributed by atoms with Crippen molar-refractivity contribution >= 4 is 28.5 Å². The summed E-state index contributed by atoms with van der Waals surface area (Å²) in [5.74, 6) is -1.18. The van der Waals surface area contributed by atoms with Crippen LogP contribution in [0.4, 0.5) is 9.93 Å². The molecule has 0 bridgehead atoms. The molecule has 1 unspecified atom stereocenters. The Kier molecular flexibility index (Phi) is 4.33. The Bertz CT molecular complexity index is 467. The normalized spacial score (nSPS) is 14.8. The summed E-state index contributed by atoms with van der Waals surface area (Å²) in [6.07, 6.45) is 2.98. The van der Waals surface area contributed by atoms with Gasteiger partial charge in [0.1, 0.15) is 6.04 Å². The van der Waals surface area contributed by atoms with Crippen LogP contribution < -0.4 is 10.6 Å². The lowest BCUT2D eigenvalue weighted by Crippen LogP contribution is -2.43. The maximum absolute atomic E-state index is 11.6. The van der Waals surface area contributed by atoms with Crippen LogP contribution in [0.1, 0.15) is 23.4 Å². The molecule has 1 aliphatic rings. The summed E-state index contributed by atoms with van der Waals surface area (Å²) >= 11 is 1.42. The lowest BCUT2D eigenvalue weighted by atomic mass is 10.2. The van der Waals surface area contributed by atoms with E-state index in [9.17, 15) is 9.59 Å². The van der Waals surface area contributed by atoms with Crippen molar-refractivity contribution in [1.29, 1.82) is 0 Å². The molecule has 7 nitrogen and oxygen atoms in total. The highest BCUT2D eigenvalue weighted by atomic mass is 32.1. The second kappa shape index (κ2) is 5.98. The summed E-state index contributed by atoms with van der Waals surface area (Å²) in [6, 6.07) is -1.72. The van der Waals surface area contributed by atoms with E-state index in [-0.39, 0.29) is 13.0 Å². The van der Waals surface area contributed by atoms with Crippen molar-refractivity contribution in [1.82, 2.24) is 10.3 Å². The number of aliphatic hydroxyl groups is 1. The third kappa shape index (κ3) is 3.42. The number of carboxylic acids is 1. The number of urea groups is 1. The summed E-state index contributed by atoms with van der Waals surface area (Å²) in [4.78, 5) is 27.9. The zero-order chi connectivity index (χ0) is 13.8. The van der Waals surface area contributed by atoms with Gasteiger partial charge in [0.05, 0.1) is 5.69 Å². The molecule has 1 atom stereocenters. The van der Waals surface area contributed by atoms with Crippen LogP contribution in [0.15, 0.2) is 0 Å². The number of rotatable bonds is 5. The largest absolute Gasteiger partial charge is 0.480 e. The number of nitrogens with one attached hydrogen (secondary N) is 2. The predicted molar refractivity (Wildman–Crippen MR) is 69.4 cm³/mol. The lowest BCUT2D eigenvalue weighted by molar-refractivity contribution is -0.139. The van der Waals surface area contributed by atoms with E-state index in [0.29, 0.717) is 5.13 Å². The van der Waals surface area contributed by atoms with Gasteiger partial charge in [-0.05, 0) is 19.3 Å². The van der Waals surface area contributed by atoms with Gasteiger partial charge in [-0.25, -0.2) is 14.6 Å². The van der Waals surface area contributed by atoms with E-state index in [1.54, 1.807) is 0 Å². The molecule has 2 rings (SSSR count). The molecule has 1 aromatic rings. The molecule has 19 heavy (non-hydrogen) atoms. The standard InChI is InChI=1S/C11H15N3O4S/c15-5-4-7(9(16)17)12-10(18)14-11-13-6-2-1-3-8(6)19-11/h7,15H,1-5H2,(H,16,17)(H2,12,13,14,18). The summed E-state index contributed by atoms with van der Waals surface area (Å²) < 4.78 is 0. The minimum atomic E-state index is -1.18. The number of nitrogens with zero attached hydrogens (tertiary/aromatic N) is 1. The molecule has 1 heterocycles. The summed E-state index contributed by atoms with van der Waals surface area (Å²) in [7, 11) is 0. The molecule has 104 valence electrons. The van der Waals surface area contributed by atoms with E-state index in [1.165, 1.54) is 16.2 Å². The third-order valence-electron chi connectivity index (χ3n) is 2.84. The van der Waals surface area contributed by atoms with Crippen LogP contribution in [-0.4, -0.2) is 39.8 Å². The first-order chi connectivity index (χ1) is 9.10. The van der Waals surface area contributed by atoms with Crippen LogP contribution in [-0.2, 0) is 17.6 Å². The molecule has 0 aliphatic heterocycles. The molecule has 2 amide bonds. The number of carbonyl (C=O) groups is 2. The molecule has 0 saturated heterocycles. The molecular formula is C11H15N3O4S. The van der Waals surface area contributed by atoms with Crippen LogP contribution in [0, 0.1) is 0 Å². The van der Waals surface area contributed by atoms with Crippen molar-refractivity contribution < 1.29 is 19.8 Å².